The smallest absolute Gasteiger partial charge is 0.170 e. The average molecular weight is 703 g/mol. The molecule has 1 N–H and O–H groups in total. The lowest BCUT2D eigenvalue weighted by atomic mass is 9.99. The van der Waals surface area contributed by atoms with Crippen molar-refractivity contribution < 1.29 is 0 Å². The third-order valence-corrected chi connectivity index (χ3v) is 11.8. The van der Waals surface area contributed by atoms with Crippen LogP contribution < -0.4 is 5.32 Å². The number of fused-ring (bicyclic) bond motifs is 4. The van der Waals surface area contributed by atoms with Gasteiger partial charge in [0, 0.05) is 42.4 Å². The van der Waals surface area contributed by atoms with Gasteiger partial charge in [-0.15, -0.1) is 22.7 Å². The fourth-order valence-corrected chi connectivity index (χ4v) is 9.13. The molecule has 0 fully saturated rings. The van der Waals surface area contributed by atoms with E-state index in [0.29, 0.717) is 0 Å². The summed E-state index contributed by atoms with van der Waals surface area (Å²) in [6.07, 6.45) is -0.421. The molecule has 0 aliphatic carbocycles. The van der Waals surface area contributed by atoms with E-state index in [0.717, 1.165) is 50.0 Å². The molecule has 0 spiro atoms. The Morgan fingerprint density at radius 3 is 1.56 bits per heavy atom. The second-order valence-corrected chi connectivity index (χ2v) is 15.0. The molecule has 0 amide bonds. The highest BCUT2D eigenvalue weighted by Crippen LogP contribution is 2.43. The lowest BCUT2D eigenvalue weighted by molar-refractivity contribution is 0.763. The Kier molecular flexibility index (Phi) is 7.56. The number of rotatable bonds is 6. The van der Waals surface area contributed by atoms with Gasteiger partial charge in [0.2, 0.25) is 0 Å². The van der Waals surface area contributed by atoms with Gasteiger partial charge in [-0.3, -0.25) is 0 Å². The summed E-state index contributed by atoms with van der Waals surface area (Å²) in [6.45, 7) is 0. The van der Waals surface area contributed by atoms with Crippen LogP contribution in [0.25, 0.3) is 63.2 Å². The first-order valence-corrected chi connectivity index (χ1v) is 18.9. The zero-order valence-corrected chi connectivity index (χ0v) is 29.5. The fraction of sp³-hybridized carbons (Fsp3) is 0.0217. The number of hydrogen-bond donors (Lipinski definition) is 1. The molecule has 7 aromatic carbocycles. The minimum atomic E-state index is -0.421. The van der Waals surface area contributed by atoms with Crippen LogP contribution in [0.15, 0.2) is 180 Å². The number of hydrogen-bond acceptors (Lipinski definition) is 6. The molecule has 0 radical (unpaired) electrons. The van der Waals surface area contributed by atoms with Crippen LogP contribution in [-0.4, -0.2) is 16.7 Å². The maximum absolute atomic E-state index is 5.30. The van der Waals surface area contributed by atoms with Crippen molar-refractivity contribution in [3.8, 4) is 32.8 Å². The van der Waals surface area contributed by atoms with E-state index in [1.807, 2.05) is 18.2 Å². The third kappa shape index (κ3) is 5.59. The lowest BCUT2D eigenvalue weighted by Gasteiger charge is -2.23. The molecule has 1 atom stereocenters. The molecule has 6 heteroatoms. The van der Waals surface area contributed by atoms with Crippen LogP contribution in [0.1, 0.15) is 22.9 Å². The van der Waals surface area contributed by atoms with E-state index in [4.69, 9.17) is 15.0 Å². The normalized spacial score (nSPS) is 14.3. The molecular formula is C46H30N4S2. The number of nitrogens with one attached hydrogen (secondary N) is 1. The van der Waals surface area contributed by atoms with Gasteiger partial charge in [-0.1, -0.05) is 152 Å². The summed E-state index contributed by atoms with van der Waals surface area (Å²) in [5.41, 5.74) is 10.1. The van der Waals surface area contributed by atoms with E-state index < -0.39 is 6.17 Å². The molecule has 0 bridgehead atoms. The Bertz CT molecular complexity index is 2780. The second-order valence-electron chi connectivity index (χ2n) is 12.9. The molecule has 1 aliphatic rings. The van der Waals surface area contributed by atoms with Crippen molar-refractivity contribution in [1.82, 2.24) is 10.3 Å². The Morgan fingerprint density at radius 2 is 0.942 bits per heavy atom. The first-order valence-electron chi connectivity index (χ1n) is 17.3. The Balaban J connectivity index is 1.04. The number of aliphatic imine (C=N–C) groups is 2. The standard InChI is InChI=1S/C46H30N4S2/c1-4-11-29(12-5-1)30-19-21-31(22-20-30)32-23-25-34(26-24-32)44-48-43(33-13-6-2-7-14-33)49-45(50-44)36-17-10-18-39-42(36)37-27-41-38(28-40(37)51-39)47-46(52-41)35-15-8-3-9-16-35/h1-28,45H,(H,48,49,50). The zero-order chi connectivity index (χ0) is 34.4. The molecule has 3 heterocycles. The van der Waals surface area contributed by atoms with Crippen LogP contribution in [0.5, 0.6) is 0 Å². The van der Waals surface area contributed by atoms with E-state index in [2.05, 4.69) is 157 Å². The average Bonchev–Trinajstić information content (AvgIpc) is 3.81. The van der Waals surface area contributed by atoms with Crippen molar-refractivity contribution >= 4 is 64.7 Å². The molecular weight excluding hydrogens is 673 g/mol. The minimum absolute atomic E-state index is 0.421. The van der Waals surface area contributed by atoms with Crippen LogP contribution in [-0.2, 0) is 0 Å². The quantitative estimate of drug-likeness (QED) is 0.187. The van der Waals surface area contributed by atoms with Gasteiger partial charge >= 0.3 is 0 Å². The summed E-state index contributed by atoms with van der Waals surface area (Å²) < 4.78 is 3.62. The zero-order valence-electron chi connectivity index (χ0n) is 27.9. The third-order valence-electron chi connectivity index (χ3n) is 9.61. The van der Waals surface area contributed by atoms with Crippen molar-refractivity contribution in [2.75, 3.05) is 0 Å². The van der Waals surface area contributed by atoms with Gasteiger partial charge in [0.25, 0.3) is 0 Å². The van der Waals surface area contributed by atoms with Gasteiger partial charge in [0.1, 0.15) is 16.7 Å². The molecule has 10 rings (SSSR count). The molecule has 52 heavy (non-hydrogen) atoms. The number of aromatic nitrogens is 1. The summed E-state index contributed by atoms with van der Waals surface area (Å²) in [5, 5.41) is 7.06. The van der Waals surface area contributed by atoms with Gasteiger partial charge in [-0.25, -0.2) is 15.0 Å². The molecule has 246 valence electrons. The van der Waals surface area contributed by atoms with Gasteiger partial charge in [0.15, 0.2) is 6.17 Å². The van der Waals surface area contributed by atoms with E-state index in [1.54, 1.807) is 22.7 Å². The van der Waals surface area contributed by atoms with Crippen molar-refractivity contribution in [3.63, 3.8) is 0 Å². The predicted molar refractivity (Wildman–Crippen MR) is 221 cm³/mol. The van der Waals surface area contributed by atoms with Crippen LogP contribution in [0.3, 0.4) is 0 Å². The summed E-state index contributed by atoms with van der Waals surface area (Å²) in [6, 6.07) is 59.8. The maximum atomic E-state index is 5.30. The number of thiazole rings is 1. The Hall–Kier alpha value is -6.21. The predicted octanol–water partition coefficient (Wildman–Crippen LogP) is 12.2. The van der Waals surface area contributed by atoms with Crippen molar-refractivity contribution in [2.24, 2.45) is 9.98 Å². The maximum Gasteiger partial charge on any atom is 0.170 e. The Labute approximate surface area is 309 Å². The second kappa shape index (κ2) is 12.8. The van der Waals surface area contributed by atoms with Crippen molar-refractivity contribution in [1.29, 1.82) is 0 Å². The highest BCUT2D eigenvalue weighted by Gasteiger charge is 2.24. The first-order chi connectivity index (χ1) is 25.7. The van der Waals surface area contributed by atoms with Gasteiger partial charge in [0.05, 0.1) is 10.2 Å². The minimum Gasteiger partial charge on any atom is -0.324 e. The monoisotopic (exact) mass is 702 g/mol. The van der Waals surface area contributed by atoms with Gasteiger partial charge in [-0.2, -0.15) is 0 Å². The van der Waals surface area contributed by atoms with E-state index in [-0.39, 0.29) is 0 Å². The highest BCUT2D eigenvalue weighted by atomic mass is 32.1. The number of thiophene rings is 1. The van der Waals surface area contributed by atoms with E-state index >= 15 is 0 Å². The summed E-state index contributed by atoms with van der Waals surface area (Å²) in [4.78, 5) is 15.6. The molecule has 4 nitrogen and oxygen atoms in total. The molecule has 2 aromatic heterocycles. The topological polar surface area (TPSA) is 49.6 Å². The van der Waals surface area contributed by atoms with Crippen LogP contribution in [0, 0.1) is 0 Å². The molecule has 0 saturated heterocycles. The Morgan fingerprint density at radius 1 is 0.423 bits per heavy atom. The number of amidine groups is 2. The number of nitrogens with zero attached hydrogens (tertiary/aromatic N) is 3. The van der Waals surface area contributed by atoms with E-state index in [9.17, 15) is 0 Å². The van der Waals surface area contributed by atoms with Crippen LogP contribution in [0.4, 0.5) is 0 Å². The summed E-state index contributed by atoms with van der Waals surface area (Å²) in [5.74, 6) is 1.61. The van der Waals surface area contributed by atoms with Crippen LogP contribution >= 0.6 is 22.7 Å². The highest BCUT2D eigenvalue weighted by molar-refractivity contribution is 7.26. The number of benzene rings is 7. The fourth-order valence-electron chi connectivity index (χ4n) is 6.98. The van der Waals surface area contributed by atoms with Gasteiger partial charge < -0.3 is 5.32 Å². The lowest BCUT2D eigenvalue weighted by Crippen LogP contribution is -2.36. The first kappa shape index (κ1) is 30.6. The summed E-state index contributed by atoms with van der Waals surface area (Å²) in [7, 11) is 0. The van der Waals surface area contributed by atoms with Gasteiger partial charge in [-0.05, 0) is 40.5 Å². The van der Waals surface area contributed by atoms with E-state index in [1.165, 1.54) is 41.6 Å². The molecule has 1 unspecified atom stereocenters. The molecule has 9 aromatic rings. The van der Waals surface area contributed by atoms with Crippen molar-refractivity contribution in [3.05, 3.63) is 187 Å². The molecule has 1 aliphatic heterocycles. The SMILES string of the molecule is c1ccc(C2=NC(c3cccc4sc5cc6nc(-c7ccccc7)sc6cc5c34)N=C(c3ccc(-c4ccc(-c5ccccc5)cc4)cc3)N2)cc1. The summed E-state index contributed by atoms with van der Waals surface area (Å²) >= 11 is 3.55. The van der Waals surface area contributed by atoms with Crippen molar-refractivity contribution in [2.45, 2.75) is 6.17 Å². The largest absolute Gasteiger partial charge is 0.324 e. The van der Waals surface area contributed by atoms with Crippen LogP contribution in [0.2, 0.25) is 0 Å². The molecule has 0 saturated carbocycles.